The third-order valence-corrected chi connectivity index (χ3v) is 5.02. The summed E-state index contributed by atoms with van der Waals surface area (Å²) in [5, 5.41) is 9.17. The minimum Gasteiger partial charge on any atom is -0.350 e. The average Bonchev–Trinajstić information content (AvgIpc) is 3.41. The minimum atomic E-state index is 0.431. The van der Waals surface area contributed by atoms with Gasteiger partial charge in [-0.15, -0.1) is 5.10 Å². The fraction of sp³-hybridized carbons (Fsp3) is 0.250. The Kier molecular flexibility index (Phi) is 3.20. The highest BCUT2D eigenvalue weighted by Gasteiger charge is 2.28. The molecule has 0 amide bonds. The lowest BCUT2D eigenvalue weighted by atomic mass is 10.0. The molecule has 1 saturated carbocycles. The fourth-order valence-corrected chi connectivity index (χ4v) is 3.37. The van der Waals surface area contributed by atoms with Gasteiger partial charge in [0.1, 0.15) is 0 Å². The summed E-state index contributed by atoms with van der Waals surface area (Å²) in [5.41, 5.74) is 4.30. The molecule has 3 aromatic heterocycles. The van der Waals surface area contributed by atoms with Crippen molar-refractivity contribution in [1.82, 2.24) is 19.6 Å². The van der Waals surface area contributed by atoms with Crippen molar-refractivity contribution in [3.8, 4) is 11.1 Å². The van der Waals surface area contributed by atoms with Crippen molar-refractivity contribution < 1.29 is 0 Å². The quantitative estimate of drug-likeness (QED) is 0.611. The maximum Gasteiger partial charge on any atom is 0.241 e. The van der Waals surface area contributed by atoms with Crippen molar-refractivity contribution in [2.24, 2.45) is 5.92 Å². The fourth-order valence-electron chi connectivity index (χ4n) is 3.37. The lowest BCUT2D eigenvalue weighted by Gasteiger charge is -2.12. The normalized spacial score (nSPS) is 15.6. The predicted molar refractivity (Wildman–Crippen MR) is 99.5 cm³/mol. The minimum absolute atomic E-state index is 0.431. The monoisotopic (exact) mass is 329 g/mol. The molecular weight excluding hydrogens is 310 g/mol. The molecule has 0 bridgehead atoms. The SMILES string of the molecule is CC(Nc1ncc2c(-c3ccc4ncccc4c3)ccn2n1)C1CC1. The summed E-state index contributed by atoms with van der Waals surface area (Å²) in [6.07, 6.45) is 8.33. The first-order chi connectivity index (χ1) is 12.3. The highest BCUT2D eigenvalue weighted by atomic mass is 15.3. The lowest BCUT2D eigenvalue weighted by molar-refractivity contribution is 0.681. The Balaban J connectivity index is 1.52. The standard InChI is InChI=1S/C20H19N5/c1-13(14-4-5-14)23-20-22-12-19-17(8-10-25(19)24-20)15-6-7-18-16(11-15)3-2-9-21-18/h2-3,6-14H,4-5H2,1H3,(H,23,24). The number of rotatable bonds is 4. The van der Waals surface area contributed by atoms with Gasteiger partial charge in [0, 0.05) is 29.4 Å². The van der Waals surface area contributed by atoms with Crippen molar-refractivity contribution in [3.05, 3.63) is 55.0 Å². The third kappa shape index (κ3) is 2.61. The van der Waals surface area contributed by atoms with E-state index >= 15 is 0 Å². The van der Waals surface area contributed by atoms with E-state index in [9.17, 15) is 0 Å². The largest absolute Gasteiger partial charge is 0.350 e. The average molecular weight is 329 g/mol. The van der Waals surface area contributed by atoms with Gasteiger partial charge in [-0.25, -0.2) is 9.50 Å². The molecule has 1 atom stereocenters. The van der Waals surface area contributed by atoms with Crippen molar-refractivity contribution in [2.45, 2.75) is 25.8 Å². The van der Waals surface area contributed by atoms with Gasteiger partial charge in [0.05, 0.1) is 17.2 Å². The molecule has 1 unspecified atom stereocenters. The first-order valence-corrected chi connectivity index (χ1v) is 8.74. The molecule has 1 aliphatic carbocycles. The Labute approximate surface area is 145 Å². The van der Waals surface area contributed by atoms with E-state index in [0.717, 1.165) is 33.5 Å². The number of nitrogens with zero attached hydrogens (tertiary/aromatic N) is 4. The van der Waals surface area contributed by atoms with Crippen LogP contribution in [0.25, 0.3) is 27.5 Å². The zero-order valence-electron chi connectivity index (χ0n) is 14.1. The summed E-state index contributed by atoms with van der Waals surface area (Å²) in [5.74, 6) is 1.46. The number of fused-ring (bicyclic) bond motifs is 2. The van der Waals surface area contributed by atoms with Crippen molar-refractivity contribution >= 4 is 22.4 Å². The van der Waals surface area contributed by atoms with Crippen molar-refractivity contribution in [3.63, 3.8) is 0 Å². The second-order valence-corrected chi connectivity index (χ2v) is 6.82. The molecule has 5 rings (SSSR count). The van der Waals surface area contributed by atoms with Crippen molar-refractivity contribution in [2.75, 3.05) is 5.32 Å². The first kappa shape index (κ1) is 14.4. The van der Waals surface area contributed by atoms with Crippen LogP contribution in [0.1, 0.15) is 19.8 Å². The number of hydrogen-bond donors (Lipinski definition) is 1. The van der Waals surface area contributed by atoms with E-state index in [1.54, 1.807) is 0 Å². The number of hydrogen-bond acceptors (Lipinski definition) is 4. The van der Waals surface area contributed by atoms with Crippen LogP contribution in [0, 0.1) is 5.92 Å². The van der Waals surface area contributed by atoms with E-state index in [0.29, 0.717) is 12.0 Å². The van der Waals surface area contributed by atoms with Crippen LogP contribution >= 0.6 is 0 Å². The highest BCUT2D eigenvalue weighted by molar-refractivity contribution is 5.88. The van der Waals surface area contributed by atoms with E-state index in [1.807, 2.05) is 29.2 Å². The molecule has 124 valence electrons. The summed E-state index contributed by atoms with van der Waals surface area (Å²) in [6.45, 7) is 2.20. The first-order valence-electron chi connectivity index (χ1n) is 8.74. The number of aromatic nitrogens is 4. The van der Waals surface area contributed by atoms with Gasteiger partial charge in [-0.3, -0.25) is 4.98 Å². The van der Waals surface area contributed by atoms with Gasteiger partial charge < -0.3 is 5.32 Å². The predicted octanol–water partition coefficient (Wildman–Crippen LogP) is 4.15. The van der Waals surface area contributed by atoms with E-state index in [2.05, 4.69) is 57.6 Å². The van der Waals surface area contributed by atoms with Crippen molar-refractivity contribution in [1.29, 1.82) is 0 Å². The van der Waals surface area contributed by atoms with Crippen LogP contribution in [0.15, 0.2) is 55.0 Å². The van der Waals surface area contributed by atoms with Crippen LogP contribution in [0.3, 0.4) is 0 Å². The molecule has 0 saturated heterocycles. The van der Waals surface area contributed by atoms with Crippen LogP contribution in [0.5, 0.6) is 0 Å². The second-order valence-electron chi connectivity index (χ2n) is 6.82. The number of nitrogens with one attached hydrogen (secondary N) is 1. The summed E-state index contributed by atoms with van der Waals surface area (Å²) in [4.78, 5) is 8.91. The van der Waals surface area contributed by atoms with Gasteiger partial charge in [0.25, 0.3) is 0 Å². The molecule has 1 N–H and O–H groups in total. The Morgan fingerprint density at radius 2 is 2.08 bits per heavy atom. The molecule has 5 heteroatoms. The van der Waals surface area contributed by atoms with Crippen LogP contribution in [0.2, 0.25) is 0 Å². The summed E-state index contributed by atoms with van der Waals surface area (Å²) in [7, 11) is 0. The Bertz CT molecular complexity index is 1060. The molecule has 25 heavy (non-hydrogen) atoms. The maximum absolute atomic E-state index is 4.62. The molecule has 3 heterocycles. The maximum atomic E-state index is 4.62. The van der Waals surface area contributed by atoms with Gasteiger partial charge in [-0.2, -0.15) is 0 Å². The van der Waals surface area contributed by atoms with Crippen LogP contribution in [-0.2, 0) is 0 Å². The van der Waals surface area contributed by atoms with Crippen LogP contribution in [0.4, 0.5) is 5.95 Å². The number of benzene rings is 1. The topological polar surface area (TPSA) is 55.1 Å². The molecule has 0 aliphatic heterocycles. The zero-order valence-corrected chi connectivity index (χ0v) is 14.1. The number of anilines is 1. The molecule has 1 aliphatic rings. The molecule has 0 spiro atoms. The third-order valence-electron chi connectivity index (χ3n) is 5.02. The highest BCUT2D eigenvalue weighted by Crippen LogP contribution is 2.33. The Hall–Kier alpha value is -2.95. The molecule has 5 nitrogen and oxygen atoms in total. The Morgan fingerprint density at radius 3 is 2.96 bits per heavy atom. The lowest BCUT2D eigenvalue weighted by Crippen LogP contribution is -2.19. The summed E-state index contributed by atoms with van der Waals surface area (Å²) in [6, 6.07) is 12.9. The van der Waals surface area contributed by atoms with Gasteiger partial charge >= 0.3 is 0 Å². The second kappa shape index (κ2) is 5.55. The summed E-state index contributed by atoms with van der Waals surface area (Å²) >= 11 is 0. The van der Waals surface area contributed by atoms with E-state index in [-0.39, 0.29) is 0 Å². The van der Waals surface area contributed by atoms with Gasteiger partial charge in [0.15, 0.2) is 0 Å². The van der Waals surface area contributed by atoms with E-state index < -0.39 is 0 Å². The molecule has 1 aromatic carbocycles. The van der Waals surface area contributed by atoms with Gasteiger partial charge in [-0.1, -0.05) is 12.1 Å². The smallest absolute Gasteiger partial charge is 0.241 e. The zero-order chi connectivity index (χ0) is 16.8. The van der Waals surface area contributed by atoms with Crippen LogP contribution < -0.4 is 5.32 Å². The Morgan fingerprint density at radius 1 is 1.16 bits per heavy atom. The summed E-state index contributed by atoms with van der Waals surface area (Å²) < 4.78 is 1.90. The van der Waals surface area contributed by atoms with Crippen LogP contribution in [-0.4, -0.2) is 25.6 Å². The molecule has 1 fully saturated rings. The van der Waals surface area contributed by atoms with Gasteiger partial charge in [-0.05, 0) is 55.5 Å². The molecular formula is C20H19N5. The van der Waals surface area contributed by atoms with Gasteiger partial charge in [0.2, 0.25) is 5.95 Å². The molecule has 0 radical (unpaired) electrons. The van der Waals surface area contributed by atoms with E-state index in [4.69, 9.17) is 0 Å². The molecule has 4 aromatic rings. The number of pyridine rings is 1. The van der Waals surface area contributed by atoms with E-state index in [1.165, 1.54) is 12.8 Å².